The van der Waals surface area contributed by atoms with Crippen LogP contribution in [0.3, 0.4) is 0 Å². The molecular weight excluding hydrogens is 405 g/mol. The Morgan fingerprint density at radius 3 is 2.28 bits per heavy atom. The predicted octanol–water partition coefficient (Wildman–Crippen LogP) is 5.64. The fraction of sp³-hybridized carbons (Fsp3) is 0.381. The van der Waals surface area contributed by atoms with E-state index in [-0.39, 0.29) is 34.3 Å². The molecule has 0 saturated carbocycles. The SMILES string of the molecule is CN(C(=O)O)[C@@H](c1ccc(NC2Cc3ccccc3C2(C)C)cc1)C(F)(F)F.Cl. The maximum Gasteiger partial charge on any atom is 0.413 e. The lowest BCUT2D eigenvalue weighted by Crippen LogP contribution is -2.39. The maximum atomic E-state index is 13.4. The van der Waals surface area contributed by atoms with Crippen molar-refractivity contribution >= 4 is 24.2 Å². The van der Waals surface area contributed by atoms with E-state index in [1.165, 1.54) is 23.3 Å². The molecular formula is C21H24ClF3N2O2. The molecule has 2 aromatic carbocycles. The number of anilines is 1. The summed E-state index contributed by atoms with van der Waals surface area (Å²) in [5.74, 6) is 0. The third-order valence-corrected chi connectivity index (χ3v) is 5.57. The number of hydrogen-bond acceptors (Lipinski definition) is 2. The second-order valence-corrected chi connectivity index (χ2v) is 7.74. The van der Waals surface area contributed by atoms with E-state index in [1.807, 2.05) is 12.1 Å². The first-order valence-corrected chi connectivity index (χ1v) is 8.99. The third kappa shape index (κ3) is 4.45. The molecule has 2 N–H and O–H groups in total. The van der Waals surface area contributed by atoms with Gasteiger partial charge in [-0.15, -0.1) is 12.4 Å². The van der Waals surface area contributed by atoms with Crippen LogP contribution in [0.5, 0.6) is 0 Å². The molecule has 0 saturated heterocycles. The standard InChI is InChI=1S/C21H23F3N2O2.ClH/c1-20(2)16-7-5-4-6-14(16)12-17(20)25-15-10-8-13(9-11-15)18(21(22,23)24)26(3)19(27)28;/h4-11,17-18,25H,12H2,1-3H3,(H,27,28);1H/t17?,18-;/m0./s1. The Balaban J connectivity index is 0.00000300. The van der Waals surface area contributed by atoms with Crippen molar-refractivity contribution in [2.75, 3.05) is 12.4 Å². The summed E-state index contributed by atoms with van der Waals surface area (Å²) in [4.78, 5) is 11.3. The summed E-state index contributed by atoms with van der Waals surface area (Å²) in [6.07, 6.45) is -5.50. The van der Waals surface area contributed by atoms with Crippen molar-refractivity contribution < 1.29 is 23.1 Å². The van der Waals surface area contributed by atoms with Crippen LogP contribution in [-0.2, 0) is 11.8 Å². The molecule has 0 fully saturated rings. The molecule has 0 radical (unpaired) electrons. The van der Waals surface area contributed by atoms with Gasteiger partial charge in [-0.1, -0.05) is 50.2 Å². The highest BCUT2D eigenvalue weighted by atomic mass is 35.5. The van der Waals surface area contributed by atoms with Crippen LogP contribution in [0, 0.1) is 0 Å². The Kier molecular flexibility index (Phi) is 6.42. The van der Waals surface area contributed by atoms with Gasteiger partial charge in [0.2, 0.25) is 0 Å². The monoisotopic (exact) mass is 428 g/mol. The van der Waals surface area contributed by atoms with Crippen LogP contribution in [-0.4, -0.2) is 35.4 Å². The van der Waals surface area contributed by atoms with Gasteiger partial charge in [0.15, 0.2) is 6.04 Å². The summed E-state index contributed by atoms with van der Waals surface area (Å²) in [6.45, 7) is 4.29. The van der Waals surface area contributed by atoms with Crippen LogP contribution in [0.2, 0.25) is 0 Å². The lowest BCUT2D eigenvalue weighted by Gasteiger charge is -2.30. The van der Waals surface area contributed by atoms with Crippen LogP contribution >= 0.6 is 12.4 Å². The highest BCUT2D eigenvalue weighted by molar-refractivity contribution is 5.85. The topological polar surface area (TPSA) is 52.6 Å². The van der Waals surface area contributed by atoms with Crippen LogP contribution in [0.25, 0.3) is 0 Å². The van der Waals surface area contributed by atoms with Crippen LogP contribution in [0.1, 0.15) is 36.6 Å². The first-order valence-electron chi connectivity index (χ1n) is 8.99. The minimum atomic E-state index is -4.70. The molecule has 0 heterocycles. The number of fused-ring (bicyclic) bond motifs is 1. The summed E-state index contributed by atoms with van der Waals surface area (Å²) >= 11 is 0. The fourth-order valence-electron chi connectivity index (χ4n) is 3.93. The second-order valence-electron chi connectivity index (χ2n) is 7.74. The molecule has 29 heavy (non-hydrogen) atoms. The normalized spacial score (nSPS) is 18.3. The summed E-state index contributed by atoms with van der Waals surface area (Å²) < 4.78 is 40.1. The number of carboxylic acid groups (broad SMARTS) is 1. The molecule has 1 aliphatic rings. The van der Waals surface area contributed by atoms with Gasteiger partial charge in [-0.05, 0) is 35.2 Å². The number of nitrogens with zero attached hydrogens (tertiary/aromatic N) is 1. The summed E-state index contributed by atoms with van der Waals surface area (Å²) in [6, 6.07) is 11.9. The molecule has 1 amide bonds. The maximum absolute atomic E-state index is 13.4. The number of halogens is 4. The van der Waals surface area contributed by atoms with E-state index in [1.54, 1.807) is 12.1 Å². The molecule has 0 aromatic heterocycles. The molecule has 0 bridgehead atoms. The first-order chi connectivity index (χ1) is 13.0. The zero-order chi connectivity index (χ0) is 20.7. The summed E-state index contributed by atoms with van der Waals surface area (Å²) in [5, 5.41) is 12.4. The van der Waals surface area contributed by atoms with Gasteiger partial charge in [0.25, 0.3) is 0 Å². The van der Waals surface area contributed by atoms with Gasteiger partial charge in [-0.3, -0.25) is 4.90 Å². The number of amides is 1. The number of rotatable bonds is 4. The minimum Gasteiger partial charge on any atom is -0.465 e. The summed E-state index contributed by atoms with van der Waals surface area (Å²) in [7, 11) is 0.922. The molecule has 0 aliphatic heterocycles. The van der Waals surface area contributed by atoms with E-state index >= 15 is 0 Å². The number of hydrogen-bond donors (Lipinski definition) is 2. The van der Waals surface area contributed by atoms with Crippen molar-refractivity contribution in [3.05, 3.63) is 65.2 Å². The average molecular weight is 429 g/mol. The van der Waals surface area contributed by atoms with E-state index in [9.17, 15) is 18.0 Å². The van der Waals surface area contributed by atoms with Gasteiger partial charge in [-0.2, -0.15) is 13.2 Å². The second kappa shape index (κ2) is 8.14. The largest absolute Gasteiger partial charge is 0.465 e. The number of benzene rings is 2. The molecule has 8 heteroatoms. The lowest BCUT2D eigenvalue weighted by atomic mass is 9.83. The van der Waals surface area contributed by atoms with E-state index in [2.05, 4.69) is 31.3 Å². The van der Waals surface area contributed by atoms with Crippen LogP contribution in [0.4, 0.5) is 23.7 Å². The smallest absolute Gasteiger partial charge is 0.413 e. The van der Waals surface area contributed by atoms with Gasteiger partial charge in [0.05, 0.1) is 0 Å². The number of carbonyl (C=O) groups is 1. The van der Waals surface area contributed by atoms with Crippen LogP contribution < -0.4 is 5.32 Å². The Hall–Kier alpha value is -2.41. The van der Waals surface area contributed by atoms with Crippen molar-refractivity contribution in [1.29, 1.82) is 0 Å². The Bertz CT molecular complexity index is 869. The fourth-order valence-corrected chi connectivity index (χ4v) is 3.93. The molecule has 3 rings (SSSR count). The number of nitrogens with one attached hydrogen (secondary N) is 1. The zero-order valence-electron chi connectivity index (χ0n) is 16.3. The number of alkyl halides is 3. The lowest BCUT2D eigenvalue weighted by molar-refractivity contribution is -0.177. The molecule has 1 aliphatic carbocycles. The van der Waals surface area contributed by atoms with Crippen LogP contribution in [0.15, 0.2) is 48.5 Å². The van der Waals surface area contributed by atoms with E-state index < -0.39 is 18.3 Å². The summed E-state index contributed by atoms with van der Waals surface area (Å²) in [5.41, 5.74) is 3.00. The zero-order valence-corrected chi connectivity index (χ0v) is 17.1. The van der Waals surface area contributed by atoms with Gasteiger partial charge in [-0.25, -0.2) is 4.79 Å². The van der Waals surface area contributed by atoms with Crippen molar-refractivity contribution in [2.24, 2.45) is 0 Å². The highest BCUT2D eigenvalue weighted by Gasteiger charge is 2.45. The quantitative estimate of drug-likeness (QED) is 0.663. The Morgan fingerprint density at radius 2 is 1.76 bits per heavy atom. The van der Waals surface area contributed by atoms with Crippen molar-refractivity contribution in [1.82, 2.24) is 4.90 Å². The van der Waals surface area contributed by atoms with E-state index in [4.69, 9.17) is 5.11 Å². The Morgan fingerprint density at radius 1 is 1.17 bits per heavy atom. The van der Waals surface area contributed by atoms with Gasteiger partial charge >= 0.3 is 12.3 Å². The van der Waals surface area contributed by atoms with Gasteiger partial charge in [0.1, 0.15) is 0 Å². The molecule has 158 valence electrons. The van der Waals surface area contributed by atoms with E-state index in [0.717, 1.165) is 13.5 Å². The van der Waals surface area contributed by atoms with E-state index in [0.29, 0.717) is 5.69 Å². The van der Waals surface area contributed by atoms with Gasteiger partial charge in [0, 0.05) is 24.2 Å². The molecule has 4 nitrogen and oxygen atoms in total. The Labute approximate surface area is 174 Å². The predicted molar refractivity (Wildman–Crippen MR) is 109 cm³/mol. The third-order valence-electron chi connectivity index (χ3n) is 5.57. The van der Waals surface area contributed by atoms with Crippen molar-refractivity contribution in [3.8, 4) is 0 Å². The molecule has 1 unspecified atom stereocenters. The highest BCUT2D eigenvalue weighted by Crippen LogP contribution is 2.41. The average Bonchev–Trinajstić information content (AvgIpc) is 2.86. The first kappa shape index (κ1) is 22.9. The molecule has 0 spiro atoms. The minimum absolute atomic E-state index is 0. The molecule has 2 aromatic rings. The van der Waals surface area contributed by atoms with Gasteiger partial charge < -0.3 is 10.4 Å². The molecule has 2 atom stereocenters. The van der Waals surface area contributed by atoms with Crippen molar-refractivity contribution in [2.45, 2.75) is 43.9 Å². The van der Waals surface area contributed by atoms with Crippen molar-refractivity contribution in [3.63, 3.8) is 0 Å².